The normalized spacial score (nSPS) is 14.9. The molecule has 0 bridgehead atoms. The van der Waals surface area contributed by atoms with Gasteiger partial charge in [-0.2, -0.15) is 0 Å². The smallest absolute Gasteiger partial charge is 0.253 e. The van der Waals surface area contributed by atoms with Gasteiger partial charge < -0.3 is 14.8 Å². The van der Waals surface area contributed by atoms with Crippen molar-refractivity contribution in [1.29, 1.82) is 0 Å². The third-order valence-electron chi connectivity index (χ3n) is 4.81. The van der Waals surface area contributed by atoms with Crippen LogP contribution in [0.3, 0.4) is 0 Å². The number of rotatable bonds is 3. The number of H-pyrrole nitrogens is 1. The summed E-state index contributed by atoms with van der Waals surface area (Å²) in [5.74, 6) is 1.04. The van der Waals surface area contributed by atoms with Crippen LogP contribution in [0.4, 0.5) is 5.82 Å². The molecule has 1 aliphatic heterocycles. The Labute approximate surface area is 146 Å². The molecule has 3 heterocycles. The fourth-order valence-corrected chi connectivity index (χ4v) is 3.30. The number of hydrogen-bond donors (Lipinski definition) is 1. The Morgan fingerprint density at radius 1 is 1.08 bits per heavy atom. The second-order valence-electron chi connectivity index (χ2n) is 6.27. The molecule has 0 aliphatic carbocycles. The highest BCUT2D eigenvalue weighted by molar-refractivity contribution is 5.94. The fourth-order valence-electron chi connectivity index (χ4n) is 3.30. The maximum atomic E-state index is 12.7. The average Bonchev–Trinajstić information content (AvgIpc) is 3.16. The number of anilines is 1. The molecule has 128 valence electrons. The highest BCUT2D eigenvalue weighted by atomic mass is 16.2. The van der Waals surface area contributed by atoms with Crippen LogP contribution in [0.15, 0.2) is 42.9 Å². The molecule has 6 nitrogen and oxygen atoms in total. The van der Waals surface area contributed by atoms with Crippen molar-refractivity contribution in [3.8, 4) is 0 Å². The fraction of sp³-hybridized carbons (Fsp3) is 0.316. The van der Waals surface area contributed by atoms with Crippen LogP contribution in [-0.4, -0.2) is 51.9 Å². The summed E-state index contributed by atoms with van der Waals surface area (Å²) in [6, 6.07) is 9.93. The first kappa shape index (κ1) is 15.6. The van der Waals surface area contributed by atoms with E-state index < -0.39 is 0 Å². The topological polar surface area (TPSA) is 65.1 Å². The number of benzene rings is 1. The molecule has 3 aromatic rings. The lowest BCUT2D eigenvalue weighted by atomic mass is 10.1. The number of piperazine rings is 1. The third kappa shape index (κ3) is 2.95. The van der Waals surface area contributed by atoms with Gasteiger partial charge in [-0.25, -0.2) is 9.97 Å². The lowest BCUT2D eigenvalue weighted by molar-refractivity contribution is 0.0746. The van der Waals surface area contributed by atoms with E-state index in [1.54, 1.807) is 6.33 Å². The van der Waals surface area contributed by atoms with Crippen LogP contribution < -0.4 is 4.90 Å². The predicted molar refractivity (Wildman–Crippen MR) is 97.8 cm³/mol. The maximum Gasteiger partial charge on any atom is 0.253 e. The number of aryl methyl sites for hydroxylation is 1. The van der Waals surface area contributed by atoms with Gasteiger partial charge in [0.1, 0.15) is 17.8 Å². The van der Waals surface area contributed by atoms with Crippen LogP contribution in [0.5, 0.6) is 0 Å². The average molecular weight is 335 g/mol. The molecule has 2 aromatic heterocycles. The molecule has 1 aliphatic rings. The van der Waals surface area contributed by atoms with Crippen molar-refractivity contribution in [3.05, 3.63) is 54.0 Å². The molecular formula is C19H21N5O. The first-order valence-electron chi connectivity index (χ1n) is 8.67. The van der Waals surface area contributed by atoms with Crippen molar-refractivity contribution in [1.82, 2.24) is 19.9 Å². The van der Waals surface area contributed by atoms with E-state index in [4.69, 9.17) is 0 Å². The Hall–Kier alpha value is -2.89. The molecule has 6 heteroatoms. The Morgan fingerprint density at radius 3 is 2.56 bits per heavy atom. The number of hydrogen-bond acceptors (Lipinski definition) is 4. The molecule has 0 saturated carbocycles. The largest absolute Gasteiger partial charge is 0.352 e. The molecule has 25 heavy (non-hydrogen) atoms. The van der Waals surface area contributed by atoms with E-state index in [2.05, 4.69) is 26.8 Å². The number of fused-ring (bicyclic) bond motifs is 1. The number of amides is 1. The molecular weight excluding hydrogens is 314 g/mol. The first-order chi connectivity index (χ1) is 12.3. The summed E-state index contributed by atoms with van der Waals surface area (Å²) in [7, 11) is 0. The third-order valence-corrected chi connectivity index (χ3v) is 4.81. The standard InChI is InChI=1S/C19H21N5O/c1-2-14-3-5-15(6-4-14)19(25)24-11-9-23(10-12-24)18-16-7-8-20-17(16)21-13-22-18/h3-8,13H,2,9-12H2,1H3,(H,20,21,22). The van der Waals surface area contributed by atoms with Crippen LogP contribution in [-0.2, 0) is 6.42 Å². The number of aromatic nitrogens is 3. The van der Waals surface area contributed by atoms with Crippen LogP contribution >= 0.6 is 0 Å². The van der Waals surface area contributed by atoms with Gasteiger partial charge in [-0.05, 0) is 30.2 Å². The summed E-state index contributed by atoms with van der Waals surface area (Å²) in [5.41, 5.74) is 2.86. The van der Waals surface area contributed by atoms with Crippen LogP contribution in [0.1, 0.15) is 22.8 Å². The highest BCUT2D eigenvalue weighted by Gasteiger charge is 2.24. The van der Waals surface area contributed by atoms with Gasteiger partial charge in [-0.3, -0.25) is 4.79 Å². The number of carbonyl (C=O) groups excluding carboxylic acids is 1. The Bertz CT molecular complexity index is 878. The van der Waals surface area contributed by atoms with Gasteiger partial charge in [0.05, 0.1) is 5.39 Å². The van der Waals surface area contributed by atoms with E-state index in [1.165, 1.54) is 5.56 Å². The molecule has 0 radical (unpaired) electrons. The van der Waals surface area contributed by atoms with Crippen LogP contribution in [0.25, 0.3) is 11.0 Å². The summed E-state index contributed by atoms with van der Waals surface area (Å²) < 4.78 is 0. The number of nitrogens with zero attached hydrogens (tertiary/aromatic N) is 4. The number of aromatic amines is 1. The molecule has 1 amide bonds. The van der Waals surface area contributed by atoms with Gasteiger partial charge in [-0.15, -0.1) is 0 Å². The van der Waals surface area contributed by atoms with E-state index in [0.717, 1.165) is 41.9 Å². The quantitative estimate of drug-likeness (QED) is 0.799. The van der Waals surface area contributed by atoms with Gasteiger partial charge in [0.25, 0.3) is 5.91 Å². The minimum Gasteiger partial charge on any atom is -0.352 e. The lowest BCUT2D eigenvalue weighted by Crippen LogP contribution is -2.49. The summed E-state index contributed by atoms with van der Waals surface area (Å²) in [4.78, 5) is 28.6. The van der Waals surface area contributed by atoms with E-state index in [0.29, 0.717) is 13.1 Å². The van der Waals surface area contributed by atoms with Gasteiger partial charge >= 0.3 is 0 Å². The van der Waals surface area contributed by atoms with E-state index >= 15 is 0 Å². The number of carbonyl (C=O) groups is 1. The van der Waals surface area contributed by atoms with Gasteiger partial charge in [0.2, 0.25) is 0 Å². The molecule has 0 unspecified atom stereocenters. The summed E-state index contributed by atoms with van der Waals surface area (Å²) in [5, 5.41) is 1.03. The monoisotopic (exact) mass is 335 g/mol. The van der Waals surface area contributed by atoms with E-state index in [1.807, 2.05) is 41.4 Å². The molecule has 1 saturated heterocycles. The zero-order valence-electron chi connectivity index (χ0n) is 14.3. The van der Waals surface area contributed by atoms with Crippen molar-refractivity contribution in [2.75, 3.05) is 31.1 Å². The van der Waals surface area contributed by atoms with Crippen molar-refractivity contribution in [2.45, 2.75) is 13.3 Å². The van der Waals surface area contributed by atoms with Crippen molar-refractivity contribution < 1.29 is 4.79 Å². The molecule has 4 rings (SSSR count). The minimum atomic E-state index is 0.108. The van der Waals surface area contributed by atoms with Crippen molar-refractivity contribution in [2.24, 2.45) is 0 Å². The molecule has 0 spiro atoms. The summed E-state index contributed by atoms with van der Waals surface area (Å²) >= 11 is 0. The zero-order chi connectivity index (χ0) is 17.2. The molecule has 1 aromatic carbocycles. The first-order valence-corrected chi connectivity index (χ1v) is 8.67. The molecule has 0 atom stereocenters. The lowest BCUT2D eigenvalue weighted by Gasteiger charge is -2.35. The van der Waals surface area contributed by atoms with Crippen LogP contribution in [0.2, 0.25) is 0 Å². The summed E-state index contributed by atoms with van der Waals surface area (Å²) in [6.07, 6.45) is 4.45. The summed E-state index contributed by atoms with van der Waals surface area (Å²) in [6.45, 7) is 5.06. The predicted octanol–water partition coefficient (Wildman–Crippen LogP) is 2.48. The Balaban J connectivity index is 1.45. The minimum absolute atomic E-state index is 0.108. The molecule has 1 fully saturated rings. The van der Waals surface area contributed by atoms with E-state index in [9.17, 15) is 4.79 Å². The highest BCUT2D eigenvalue weighted by Crippen LogP contribution is 2.23. The Kier molecular flexibility index (Phi) is 4.09. The van der Waals surface area contributed by atoms with Gasteiger partial charge in [-0.1, -0.05) is 19.1 Å². The Morgan fingerprint density at radius 2 is 1.84 bits per heavy atom. The van der Waals surface area contributed by atoms with Crippen molar-refractivity contribution in [3.63, 3.8) is 0 Å². The second kappa shape index (κ2) is 6.55. The zero-order valence-corrected chi connectivity index (χ0v) is 14.3. The SMILES string of the molecule is CCc1ccc(C(=O)N2CCN(c3ncnc4[nH]ccc34)CC2)cc1. The van der Waals surface area contributed by atoms with E-state index in [-0.39, 0.29) is 5.91 Å². The maximum absolute atomic E-state index is 12.7. The second-order valence-corrected chi connectivity index (χ2v) is 6.27. The van der Waals surface area contributed by atoms with Gasteiger partial charge in [0.15, 0.2) is 0 Å². The van der Waals surface area contributed by atoms with Gasteiger partial charge in [0, 0.05) is 37.9 Å². The van der Waals surface area contributed by atoms with Crippen LogP contribution in [0, 0.1) is 0 Å². The molecule has 1 N–H and O–H groups in total. The number of nitrogens with one attached hydrogen (secondary N) is 1. The van der Waals surface area contributed by atoms with Crippen molar-refractivity contribution >= 4 is 22.8 Å².